The van der Waals surface area contributed by atoms with Crippen LogP contribution in [0.25, 0.3) is 0 Å². The molecule has 0 amide bonds. The van der Waals surface area contributed by atoms with Gasteiger partial charge >= 0.3 is 13.7 Å². The number of rotatable bonds is 11. The molecule has 4 nitrogen and oxygen atoms in total. The summed E-state index contributed by atoms with van der Waals surface area (Å²) in [7, 11) is -3.67. The molecule has 0 fully saturated rings. The molecular weight excluding hydrogens is 627 g/mol. The number of hydrogen-bond donors (Lipinski definition) is 0. The van der Waals surface area contributed by atoms with Crippen molar-refractivity contribution >= 4 is 30.8 Å². The number of carbonyl (C=O) groups excluding carboxylic acids is 2. The van der Waals surface area contributed by atoms with Crippen LogP contribution in [0.3, 0.4) is 0 Å². The zero-order chi connectivity index (χ0) is 35.2. The van der Waals surface area contributed by atoms with Crippen LogP contribution in [0.5, 0.6) is 0 Å². The van der Waals surface area contributed by atoms with Gasteiger partial charge in [0.25, 0.3) is 0 Å². The first-order valence-electron chi connectivity index (χ1n) is 16.6. The molecule has 2 aliphatic rings. The number of benzene rings is 3. The molecule has 9 heteroatoms. The maximum absolute atomic E-state index is 9.67. The van der Waals surface area contributed by atoms with E-state index in [0.29, 0.717) is 0 Å². The maximum Gasteiger partial charge on any atom is 0.762 e. The van der Waals surface area contributed by atoms with E-state index < -0.39 is 7.54 Å². The van der Waals surface area contributed by atoms with E-state index in [1.807, 2.05) is 0 Å². The lowest BCUT2D eigenvalue weighted by atomic mass is 9.81. The third-order valence-electron chi connectivity index (χ3n) is 9.00. The van der Waals surface area contributed by atoms with Crippen LogP contribution in [0.4, 0.5) is 24.3 Å². The molecule has 0 aliphatic carbocycles. The van der Waals surface area contributed by atoms with E-state index in [1.165, 1.54) is 71.6 Å². The second kappa shape index (κ2) is 19.5. The molecule has 5 rings (SSSR count). The molecule has 0 radical (unpaired) electrons. The number of fused-ring (bicyclic) bond motifs is 2. The zero-order valence-electron chi connectivity index (χ0n) is 29.1. The van der Waals surface area contributed by atoms with Gasteiger partial charge in [-0.25, -0.2) is 0 Å². The Morgan fingerprint density at radius 3 is 1.98 bits per heavy atom. The molecule has 2 aliphatic heterocycles. The van der Waals surface area contributed by atoms with Gasteiger partial charge in [0.1, 0.15) is 0 Å². The first-order chi connectivity index (χ1) is 23.0. The van der Waals surface area contributed by atoms with Crippen molar-refractivity contribution in [3.8, 4) is 0 Å². The van der Waals surface area contributed by atoms with Crippen molar-refractivity contribution in [3.05, 3.63) is 132 Å². The van der Waals surface area contributed by atoms with E-state index in [1.54, 1.807) is 0 Å². The minimum absolute atomic E-state index is 0. The molecule has 260 valence electrons. The Balaban J connectivity index is 0.000000956. The quantitative estimate of drug-likeness (QED) is 0.0704. The molecule has 0 bridgehead atoms. The molecule has 0 saturated carbocycles. The van der Waals surface area contributed by atoms with Crippen LogP contribution in [-0.2, 0) is 27.0 Å². The third-order valence-corrected chi connectivity index (χ3v) is 9.00. The SMILES string of the molecule is CCCCCCCN1/C(=C/C=C/C=C/C2=[N+](Cc3ccccc3)c3ccccc3C2(C)C)C(C)(C)c2ccccc21.FB(F)F.O=C=O.[F-]. The van der Waals surface area contributed by atoms with E-state index in [0.717, 1.165) is 13.1 Å². The molecular formula is C40H47BF4N2O2. The summed E-state index contributed by atoms with van der Waals surface area (Å²) in [6.07, 6.45) is 18.1. The van der Waals surface area contributed by atoms with Crippen molar-refractivity contribution < 1.29 is 31.8 Å². The number of halogens is 4. The molecule has 0 N–H and O–H groups in total. The van der Waals surface area contributed by atoms with Crippen LogP contribution in [0.2, 0.25) is 0 Å². The molecule has 49 heavy (non-hydrogen) atoms. The average molecular weight is 675 g/mol. The van der Waals surface area contributed by atoms with Gasteiger partial charge in [-0.1, -0.05) is 131 Å². The van der Waals surface area contributed by atoms with E-state index in [-0.39, 0.29) is 21.7 Å². The van der Waals surface area contributed by atoms with E-state index in [4.69, 9.17) is 9.59 Å². The maximum atomic E-state index is 9.67. The normalized spacial score (nSPS) is 15.9. The summed E-state index contributed by atoms with van der Waals surface area (Å²) < 4.78 is 31.5. The van der Waals surface area contributed by atoms with Gasteiger partial charge in [-0.2, -0.15) is 14.2 Å². The van der Waals surface area contributed by atoms with E-state index in [2.05, 4.69) is 153 Å². The number of nitrogens with zero attached hydrogens (tertiary/aromatic N) is 2. The van der Waals surface area contributed by atoms with Gasteiger partial charge in [0, 0.05) is 46.6 Å². The predicted molar refractivity (Wildman–Crippen MR) is 191 cm³/mol. The summed E-state index contributed by atoms with van der Waals surface area (Å²) in [6.45, 7) is 13.7. The number of para-hydroxylation sites is 2. The van der Waals surface area contributed by atoms with Crippen LogP contribution in [0.1, 0.15) is 83.4 Å². The number of anilines is 1. The Hall–Kier alpha value is -4.49. The van der Waals surface area contributed by atoms with Crippen LogP contribution < -0.4 is 9.60 Å². The van der Waals surface area contributed by atoms with Gasteiger partial charge in [0.15, 0.2) is 12.3 Å². The van der Waals surface area contributed by atoms with E-state index in [9.17, 15) is 12.9 Å². The second-order valence-corrected chi connectivity index (χ2v) is 12.9. The molecule has 0 aromatic heterocycles. The lowest BCUT2D eigenvalue weighted by Crippen LogP contribution is -3.00. The highest BCUT2D eigenvalue weighted by Crippen LogP contribution is 2.47. The van der Waals surface area contributed by atoms with Crippen molar-refractivity contribution in [1.29, 1.82) is 0 Å². The van der Waals surface area contributed by atoms with Crippen molar-refractivity contribution in [3.63, 3.8) is 0 Å². The molecule has 0 unspecified atom stereocenters. The summed E-state index contributed by atoms with van der Waals surface area (Å²) in [5, 5.41) is 0. The summed E-state index contributed by atoms with van der Waals surface area (Å²) in [4.78, 5) is 18.8. The molecule has 0 spiro atoms. The Bertz CT molecular complexity index is 1640. The largest absolute Gasteiger partial charge is 1.00 e. The minimum Gasteiger partial charge on any atom is -1.00 e. The average Bonchev–Trinajstić information content (AvgIpc) is 3.40. The van der Waals surface area contributed by atoms with Crippen LogP contribution >= 0.6 is 0 Å². The predicted octanol–water partition coefficient (Wildman–Crippen LogP) is 7.33. The highest BCUT2D eigenvalue weighted by atomic mass is 19.4. The zero-order valence-corrected chi connectivity index (χ0v) is 29.1. The Morgan fingerprint density at radius 2 is 1.33 bits per heavy atom. The van der Waals surface area contributed by atoms with Crippen LogP contribution in [0, 0.1) is 0 Å². The Morgan fingerprint density at radius 1 is 0.755 bits per heavy atom. The van der Waals surface area contributed by atoms with Crippen LogP contribution in [-0.4, -0.2) is 30.5 Å². The number of unbranched alkanes of at least 4 members (excludes halogenated alkanes) is 4. The third kappa shape index (κ3) is 10.5. The first-order valence-corrected chi connectivity index (χ1v) is 16.6. The van der Waals surface area contributed by atoms with Crippen molar-refractivity contribution in [2.24, 2.45) is 0 Å². The van der Waals surface area contributed by atoms with Crippen molar-refractivity contribution in [2.45, 2.75) is 84.1 Å². The molecule has 3 aromatic rings. The fourth-order valence-electron chi connectivity index (χ4n) is 6.69. The minimum atomic E-state index is -3.67. The summed E-state index contributed by atoms with van der Waals surface area (Å²) >= 11 is 0. The summed E-state index contributed by atoms with van der Waals surface area (Å²) in [5.41, 5.74) is 9.50. The van der Waals surface area contributed by atoms with Gasteiger partial charge in [-0.15, -0.1) is 0 Å². The lowest BCUT2D eigenvalue weighted by Gasteiger charge is -2.27. The van der Waals surface area contributed by atoms with E-state index >= 15 is 0 Å². The summed E-state index contributed by atoms with van der Waals surface area (Å²) in [5.74, 6) is 0. The lowest BCUT2D eigenvalue weighted by molar-refractivity contribution is -0.455. The molecule has 2 heterocycles. The van der Waals surface area contributed by atoms with Crippen molar-refractivity contribution in [1.82, 2.24) is 0 Å². The standard InChI is InChI=1S/C39H47N2.CO2.BF3.FH/c1-6-7-8-9-20-29-40-34-25-18-16-23-32(34)38(2,3)36(40)27-14-11-15-28-37-39(4,5)33-24-17-19-26-35(33)41(37)30-31-21-12-10-13-22-31;2-1-3;2-1(3)4;/h10-19,21-28H,6-9,20,29-30H2,1-5H3;;;1H/q+1;;;/p-1. The molecule has 0 atom stereocenters. The summed E-state index contributed by atoms with van der Waals surface area (Å²) in [6, 6.07) is 28.6. The van der Waals surface area contributed by atoms with Crippen molar-refractivity contribution in [2.75, 3.05) is 11.4 Å². The fourth-order valence-corrected chi connectivity index (χ4v) is 6.69. The molecule has 3 aromatic carbocycles. The number of hydrogen-bond acceptors (Lipinski definition) is 3. The smallest absolute Gasteiger partial charge is 0.762 e. The first kappa shape index (κ1) is 40.7. The van der Waals surface area contributed by atoms with Gasteiger partial charge in [0.2, 0.25) is 5.69 Å². The van der Waals surface area contributed by atoms with Gasteiger partial charge < -0.3 is 9.60 Å². The monoisotopic (exact) mass is 674 g/mol. The highest BCUT2D eigenvalue weighted by molar-refractivity contribution is 6.33. The number of allylic oxidation sites excluding steroid dienone is 6. The van der Waals surface area contributed by atoms with Gasteiger partial charge in [-0.3, -0.25) is 12.9 Å². The highest BCUT2D eigenvalue weighted by Gasteiger charge is 2.44. The second-order valence-electron chi connectivity index (χ2n) is 12.9. The molecule has 0 saturated heterocycles. The Labute approximate surface area is 289 Å². The van der Waals surface area contributed by atoms with Gasteiger partial charge in [0.05, 0.1) is 5.41 Å². The Kier molecular flexibility index (Phi) is 16.2. The topological polar surface area (TPSA) is 40.4 Å². The fraction of sp³-hybridized carbons (Fsp3) is 0.350. The van der Waals surface area contributed by atoms with Crippen LogP contribution in [0.15, 0.2) is 115 Å². The van der Waals surface area contributed by atoms with Gasteiger partial charge in [-0.05, 0) is 38.0 Å².